The van der Waals surface area contributed by atoms with Crippen LogP contribution >= 0.6 is 11.6 Å². The second kappa shape index (κ2) is 5.37. The van der Waals surface area contributed by atoms with E-state index in [2.05, 4.69) is 11.9 Å². The number of para-hydroxylation sites is 1. The first kappa shape index (κ1) is 13.9. The molecule has 0 fully saturated rings. The Bertz CT molecular complexity index is 790. The lowest BCUT2D eigenvalue weighted by atomic mass is 10.1. The quantitative estimate of drug-likeness (QED) is 0.725. The lowest BCUT2D eigenvalue weighted by molar-refractivity contribution is 0.637. The number of nitrogens with zero attached hydrogens (tertiary/aromatic N) is 2. The topological polar surface area (TPSA) is 43.8 Å². The Morgan fingerprint density at radius 1 is 1.24 bits per heavy atom. The molecule has 0 aliphatic rings. The van der Waals surface area contributed by atoms with Crippen molar-refractivity contribution in [2.45, 2.75) is 19.9 Å². The average Bonchev–Trinajstić information content (AvgIpc) is 2.80. The van der Waals surface area contributed by atoms with Gasteiger partial charge in [0, 0.05) is 12.2 Å². The van der Waals surface area contributed by atoms with Crippen molar-refractivity contribution in [1.82, 2.24) is 9.55 Å². The van der Waals surface area contributed by atoms with Gasteiger partial charge in [0.2, 0.25) is 0 Å². The third-order valence-electron chi connectivity index (χ3n) is 3.45. The zero-order valence-electron chi connectivity index (χ0n) is 11.6. The number of benzene rings is 2. The van der Waals surface area contributed by atoms with Crippen LogP contribution in [-0.4, -0.2) is 9.55 Å². The molecule has 0 amide bonds. The van der Waals surface area contributed by atoms with Crippen LogP contribution in [0, 0.1) is 5.82 Å². The maximum Gasteiger partial charge on any atom is 0.151 e. The largest absolute Gasteiger partial charge is 0.398 e. The molecular formula is C16H15ClFN3. The van der Waals surface area contributed by atoms with Crippen molar-refractivity contribution >= 4 is 28.3 Å². The van der Waals surface area contributed by atoms with Gasteiger partial charge in [0.1, 0.15) is 11.3 Å². The molecule has 108 valence electrons. The number of imidazole rings is 1. The number of fused-ring (bicyclic) bond motifs is 1. The SMILES string of the molecule is CCCn1c(-c2c(N)cccc2Cl)nc2c(F)cccc21. The summed E-state index contributed by atoms with van der Waals surface area (Å²) < 4.78 is 16.0. The molecule has 21 heavy (non-hydrogen) atoms. The molecule has 0 radical (unpaired) electrons. The standard InChI is InChI=1S/C16H15ClFN3/c1-2-9-21-13-8-4-6-11(18)15(13)20-16(21)14-10(17)5-3-7-12(14)19/h3-8H,2,9,19H2,1H3. The highest BCUT2D eigenvalue weighted by molar-refractivity contribution is 6.33. The molecule has 0 saturated heterocycles. The summed E-state index contributed by atoms with van der Waals surface area (Å²) in [5, 5.41) is 0.517. The lowest BCUT2D eigenvalue weighted by Crippen LogP contribution is -2.02. The van der Waals surface area contributed by atoms with Gasteiger partial charge in [-0.2, -0.15) is 0 Å². The number of aromatic nitrogens is 2. The van der Waals surface area contributed by atoms with Crippen LogP contribution in [0.1, 0.15) is 13.3 Å². The maximum absolute atomic E-state index is 14.0. The Labute approximate surface area is 127 Å². The van der Waals surface area contributed by atoms with E-state index in [1.807, 2.05) is 10.6 Å². The van der Waals surface area contributed by atoms with Crippen molar-refractivity contribution in [3.63, 3.8) is 0 Å². The van der Waals surface area contributed by atoms with Crippen molar-refractivity contribution in [3.05, 3.63) is 47.2 Å². The van der Waals surface area contributed by atoms with Crippen molar-refractivity contribution in [1.29, 1.82) is 0 Å². The van der Waals surface area contributed by atoms with E-state index < -0.39 is 0 Å². The van der Waals surface area contributed by atoms with Crippen LogP contribution in [0.2, 0.25) is 5.02 Å². The summed E-state index contributed by atoms with van der Waals surface area (Å²) >= 11 is 6.28. The minimum atomic E-state index is -0.339. The van der Waals surface area contributed by atoms with Gasteiger partial charge in [0.15, 0.2) is 5.82 Å². The van der Waals surface area contributed by atoms with Gasteiger partial charge in [-0.15, -0.1) is 0 Å². The molecule has 1 aromatic heterocycles. The second-order valence-electron chi connectivity index (χ2n) is 4.90. The first-order valence-corrected chi connectivity index (χ1v) is 7.20. The van der Waals surface area contributed by atoms with Gasteiger partial charge >= 0.3 is 0 Å². The fourth-order valence-corrected chi connectivity index (χ4v) is 2.80. The molecule has 0 saturated carbocycles. The van der Waals surface area contributed by atoms with E-state index >= 15 is 0 Å². The predicted octanol–water partition coefficient (Wildman–Crippen LogP) is 4.49. The van der Waals surface area contributed by atoms with Crippen LogP contribution in [-0.2, 0) is 6.54 Å². The smallest absolute Gasteiger partial charge is 0.151 e. The summed E-state index contributed by atoms with van der Waals surface area (Å²) in [7, 11) is 0. The zero-order chi connectivity index (χ0) is 15.0. The summed E-state index contributed by atoms with van der Waals surface area (Å²) in [6.07, 6.45) is 0.902. The van der Waals surface area contributed by atoms with E-state index in [0.29, 0.717) is 27.6 Å². The number of nitrogens with two attached hydrogens (primary N) is 1. The maximum atomic E-state index is 14.0. The molecule has 1 heterocycles. The summed E-state index contributed by atoms with van der Waals surface area (Å²) in [6.45, 7) is 2.78. The van der Waals surface area contributed by atoms with Gasteiger partial charge in [-0.05, 0) is 30.7 Å². The Hall–Kier alpha value is -2.07. The number of anilines is 1. The molecular weight excluding hydrogens is 289 g/mol. The molecule has 3 nitrogen and oxygen atoms in total. The molecule has 2 N–H and O–H groups in total. The van der Waals surface area contributed by atoms with E-state index in [-0.39, 0.29) is 5.82 Å². The molecule has 0 atom stereocenters. The molecule has 0 aliphatic carbocycles. The van der Waals surface area contributed by atoms with Crippen LogP contribution in [0.4, 0.5) is 10.1 Å². The minimum absolute atomic E-state index is 0.339. The van der Waals surface area contributed by atoms with Gasteiger partial charge in [-0.1, -0.05) is 30.7 Å². The Morgan fingerprint density at radius 2 is 2.00 bits per heavy atom. The summed E-state index contributed by atoms with van der Waals surface area (Å²) in [4.78, 5) is 4.45. The van der Waals surface area contributed by atoms with Gasteiger partial charge in [0.05, 0.1) is 16.1 Å². The Balaban J connectivity index is 2.37. The Morgan fingerprint density at radius 3 is 2.71 bits per heavy atom. The van der Waals surface area contributed by atoms with Gasteiger partial charge < -0.3 is 10.3 Å². The first-order valence-electron chi connectivity index (χ1n) is 6.82. The number of aryl methyl sites for hydroxylation is 1. The zero-order valence-corrected chi connectivity index (χ0v) is 12.4. The van der Waals surface area contributed by atoms with E-state index in [0.717, 1.165) is 18.5 Å². The van der Waals surface area contributed by atoms with Crippen LogP contribution in [0.3, 0.4) is 0 Å². The fraction of sp³-hybridized carbons (Fsp3) is 0.188. The molecule has 0 unspecified atom stereocenters. The Kier molecular flexibility index (Phi) is 3.55. The highest BCUT2D eigenvalue weighted by Gasteiger charge is 2.18. The molecule has 0 aliphatic heterocycles. The predicted molar refractivity (Wildman–Crippen MR) is 84.8 cm³/mol. The van der Waals surface area contributed by atoms with Crippen molar-refractivity contribution in [2.24, 2.45) is 0 Å². The second-order valence-corrected chi connectivity index (χ2v) is 5.31. The normalized spacial score (nSPS) is 11.2. The van der Waals surface area contributed by atoms with Gasteiger partial charge in [-0.3, -0.25) is 0 Å². The van der Waals surface area contributed by atoms with Crippen molar-refractivity contribution in [3.8, 4) is 11.4 Å². The van der Waals surface area contributed by atoms with Crippen LogP contribution in [0.15, 0.2) is 36.4 Å². The monoisotopic (exact) mass is 303 g/mol. The third-order valence-corrected chi connectivity index (χ3v) is 3.76. The number of halogens is 2. The highest BCUT2D eigenvalue weighted by Crippen LogP contribution is 2.35. The lowest BCUT2D eigenvalue weighted by Gasteiger charge is -2.11. The van der Waals surface area contributed by atoms with E-state index in [1.165, 1.54) is 6.07 Å². The molecule has 3 rings (SSSR count). The van der Waals surface area contributed by atoms with E-state index in [1.54, 1.807) is 24.3 Å². The number of hydrogen-bond donors (Lipinski definition) is 1. The minimum Gasteiger partial charge on any atom is -0.398 e. The number of hydrogen-bond acceptors (Lipinski definition) is 2. The van der Waals surface area contributed by atoms with Crippen LogP contribution in [0.5, 0.6) is 0 Å². The fourth-order valence-electron chi connectivity index (χ4n) is 2.53. The number of rotatable bonds is 3. The average molecular weight is 304 g/mol. The van der Waals surface area contributed by atoms with Gasteiger partial charge in [0.25, 0.3) is 0 Å². The van der Waals surface area contributed by atoms with E-state index in [9.17, 15) is 4.39 Å². The molecule has 0 bridgehead atoms. The highest BCUT2D eigenvalue weighted by atomic mass is 35.5. The molecule has 2 aromatic carbocycles. The van der Waals surface area contributed by atoms with E-state index in [4.69, 9.17) is 17.3 Å². The van der Waals surface area contributed by atoms with Crippen molar-refractivity contribution < 1.29 is 4.39 Å². The molecule has 0 spiro atoms. The van der Waals surface area contributed by atoms with Crippen molar-refractivity contribution in [2.75, 3.05) is 5.73 Å². The third kappa shape index (κ3) is 2.25. The van der Waals surface area contributed by atoms with Crippen LogP contribution < -0.4 is 5.73 Å². The summed E-state index contributed by atoms with van der Waals surface area (Å²) in [6, 6.07) is 10.3. The number of nitrogen functional groups attached to an aromatic ring is 1. The molecule has 3 aromatic rings. The first-order chi connectivity index (χ1) is 10.1. The molecule has 5 heteroatoms. The summed E-state index contributed by atoms with van der Waals surface area (Å²) in [5.41, 5.74) is 8.34. The summed E-state index contributed by atoms with van der Waals surface area (Å²) in [5.74, 6) is 0.272. The van der Waals surface area contributed by atoms with Gasteiger partial charge in [-0.25, -0.2) is 9.37 Å². The van der Waals surface area contributed by atoms with Crippen LogP contribution in [0.25, 0.3) is 22.4 Å².